The molecule has 0 aliphatic carbocycles. The topological polar surface area (TPSA) is 42.2 Å². The molecule has 1 saturated heterocycles. The lowest BCUT2D eigenvalue weighted by atomic mass is 10.00. The van der Waals surface area contributed by atoms with Crippen molar-refractivity contribution in [1.82, 2.24) is 4.98 Å². The molecule has 1 fully saturated rings. The minimum absolute atomic E-state index is 0.621. The second-order valence-electron chi connectivity index (χ2n) is 4.17. The monoisotopic (exact) mass is 205 g/mol. The Morgan fingerprint density at radius 1 is 1.53 bits per heavy atom. The van der Waals surface area contributed by atoms with Gasteiger partial charge in [-0.2, -0.15) is 0 Å². The van der Waals surface area contributed by atoms with Gasteiger partial charge in [-0.3, -0.25) is 0 Å². The van der Waals surface area contributed by atoms with Crippen LogP contribution in [0.25, 0.3) is 0 Å². The minimum atomic E-state index is 0.621. The van der Waals surface area contributed by atoms with Crippen LogP contribution in [0, 0.1) is 0 Å². The van der Waals surface area contributed by atoms with Gasteiger partial charge in [0.25, 0.3) is 0 Å². The van der Waals surface area contributed by atoms with Crippen LogP contribution in [0.4, 0.5) is 11.5 Å². The summed E-state index contributed by atoms with van der Waals surface area (Å²) in [6.45, 7) is 3.34. The van der Waals surface area contributed by atoms with E-state index in [4.69, 9.17) is 5.73 Å². The molecule has 0 aromatic carbocycles. The normalized spacial score (nSPS) is 21.7. The van der Waals surface area contributed by atoms with Crippen LogP contribution in [0.15, 0.2) is 18.3 Å². The first-order valence-corrected chi connectivity index (χ1v) is 5.80. The second-order valence-corrected chi connectivity index (χ2v) is 4.17. The van der Waals surface area contributed by atoms with Crippen molar-refractivity contribution in [3.63, 3.8) is 0 Å². The highest BCUT2D eigenvalue weighted by molar-refractivity contribution is 5.62. The number of aromatic nitrogens is 1. The summed E-state index contributed by atoms with van der Waals surface area (Å²) in [6, 6.07) is 4.45. The van der Waals surface area contributed by atoms with Gasteiger partial charge in [-0.1, -0.05) is 6.92 Å². The molecule has 2 heterocycles. The molecule has 3 heteroatoms. The third kappa shape index (κ3) is 2.06. The standard InChI is InChI=1S/C12H19N3/c1-2-10-6-3-4-9-15(10)12-11(13)7-5-8-14-12/h5,7-8,10H,2-4,6,9,13H2,1H3. The van der Waals surface area contributed by atoms with Crippen LogP contribution in [0.3, 0.4) is 0 Å². The fourth-order valence-corrected chi connectivity index (χ4v) is 2.35. The molecule has 3 nitrogen and oxygen atoms in total. The van der Waals surface area contributed by atoms with Gasteiger partial charge in [0.15, 0.2) is 5.82 Å². The Morgan fingerprint density at radius 2 is 2.40 bits per heavy atom. The first-order valence-electron chi connectivity index (χ1n) is 5.80. The summed E-state index contributed by atoms with van der Waals surface area (Å²) in [6.07, 6.45) is 6.86. The van der Waals surface area contributed by atoms with Crippen LogP contribution in [0.1, 0.15) is 32.6 Å². The molecule has 1 aliphatic heterocycles. The van der Waals surface area contributed by atoms with Crippen molar-refractivity contribution in [2.45, 2.75) is 38.6 Å². The number of piperidine rings is 1. The van der Waals surface area contributed by atoms with E-state index in [9.17, 15) is 0 Å². The fourth-order valence-electron chi connectivity index (χ4n) is 2.35. The van der Waals surface area contributed by atoms with Crippen LogP contribution in [-0.2, 0) is 0 Å². The molecule has 0 bridgehead atoms. The van der Waals surface area contributed by atoms with Crippen LogP contribution < -0.4 is 10.6 Å². The third-order valence-corrected chi connectivity index (χ3v) is 3.19. The van der Waals surface area contributed by atoms with Gasteiger partial charge in [-0.15, -0.1) is 0 Å². The van der Waals surface area contributed by atoms with Crippen molar-refractivity contribution >= 4 is 11.5 Å². The predicted molar refractivity (Wildman–Crippen MR) is 63.9 cm³/mol. The number of anilines is 2. The Kier molecular flexibility index (Phi) is 3.09. The lowest BCUT2D eigenvalue weighted by Crippen LogP contribution is -2.40. The first-order chi connectivity index (χ1) is 7.33. The summed E-state index contributed by atoms with van der Waals surface area (Å²) >= 11 is 0. The quantitative estimate of drug-likeness (QED) is 0.806. The van der Waals surface area contributed by atoms with E-state index in [0.29, 0.717) is 6.04 Å². The maximum absolute atomic E-state index is 5.96. The molecule has 82 valence electrons. The molecule has 1 aromatic heterocycles. The zero-order valence-electron chi connectivity index (χ0n) is 9.32. The summed E-state index contributed by atoms with van der Waals surface area (Å²) in [7, 11) is 0. The summed E-state index contributed by atoms with van der Waals surface area (Å²) < 4.78 is 0. The van der Waals surface area contributed by atoms with E-state index >= 15 is 0 Å². The second kappa shape index (κ2) is 4.51. The highest BCUT2D eigenvalue weighted by Gasteiger charge is 2.22. The number of hydrogen-bond acceptors (Lipinski definition) is 3. The zero-order chi connectivity index (χ0) is 10.7. The van der Waals surface area contributed by atoms with Crippen LogP contribution in [0.5, 0.6) is 0 Å². The molecule has 2 rings (SSSR count). The van der Waals surface area contributed by atoms with E-state index in [1.807, 2.05) is 18.3 Å². The molecule has 2 N–H and O–H groups in total. The van der Waals surface area contributed by atoms with Crippen LogP contribution in [-0.4, -0.2) is 17.6 Å². The van der Waals surface area contributed by atoms with Crippen molar-refractivity contribution in [3.8, 4) is 0 Å². The van der Waals surface area contributed by atoms with Crippen molar-refractivity contribution < 1.29 is 0 Å². The molecule has 15 heavy (non-hydrogen) atoms. The maximum atomic E-state index is 5.96. The summed E-state index contributed by atoms with van der Waals surface area (Å²) in [5.41, 5.74) is 6.77. The van der Waals surface area contributed by atoms with E-state index in [-0.39, 0.29) is 0 Å². The number of rotatable bonds is 2. The smallest absolute Gasteiger partial charge is 0.152 e. The lowest BCUT2D eigenvalue weighted by molar-refractivity contribution is 0.447. The summed E-state index contributed by atoms with van der Waals surface area (Å²) in [5, 5.41) is 0. The van der Waals surface area contributed by atoms with Gasteiger partial charge in [-0.05, 0) is 37.8 Å². The van der Waals surface area contributed by atoms with Gasteiger partial charge < -0.3 is 10.6 Å². The predicted octanol–water partition coefficient (Wildman–Crippen LogP) is 2.43. The molecule has 1 aromatic rings. The number of nitrogens with zero attached hydrogens (tertiary/aromatic N) is 2. The number of pyridine rings is 1. The first kappa shape index (κ1) is 10.3. The van der Waals surface area contributed by atoms with Crippen molar-refractivity contribution in [2.75, 3.05) is 17.2 Å². The van der Waals surface area contributed by atoms with E-state index in [2.05, 4.69) is 16.8 Å². The van der Waals surface area contributed by atoms with Gasteiger partial charge >= 0.3 is 0 Å². The van der Waals surface area contributed by atoms with Crippen molar-refractivity contribution in [1.29, 1.82) is 0 Å². The van der Waals surface area contributed by atoms with Crippen molar-refractivity contribution in [3.05, 3.63) is 18.3 Å². The molecular formula is C12H19N3. The van der Waals surface area contributed by atoms with Crippen LogP contribution >= 0.6 is 0 Å². The molecule has 0 saturated carbocycles. The molecule has 1 aliphatic rings. The van der Waals surface area contributed by atoms with E-state index in [1.54, 1.807) is 0 Å². The minimum Gasteiger partial charge on any atom is -0.396 e. The lowest BCUT2D eigenvalue weighted by Gasteiger charge is -2.36. The Morgan fingerprint density at radius 3 is 3.13 bits per heavy atom. The average Bonchev–Trinajstić information content (AvgIpc) is 2.30. The summed E-state index contributed by atoms with van der Waals surface area (Å²) in [4.78, 5) is 6.77. The highest BCUT2D eigenvalue weighted by Crippen LogP contribution is 2.28. The number of nitrogens with two attached hydrogens (primary N) is 1. The third-order valence-electron chi connectivity index (χ3n) is 3.19. The Hall–Kier alpha value is -1.25. The summed E-state index contributed by atoms with van der Waals surface area (Å²) in [5.74, 6) is 0.976. The number of nitrogen functional groups attached to an aromatic ring is 1. The molecule has 1 atom stereocenters. The molecule has 0 radical (unpaired) electrons. The molecular weight excluding hydrogens is 186 g/mol. The van der Waals surface area contributed by atoms with Crippen LogP contribution in [0.2, 0.25) is 0 Å². The van der Waals surface area contributed by atoms with Gasteiger partial charge in [0.05, 0.1) is 5.69 Å². The largest absolute Gasteiger partial charge is 0.396 e. The Balaban J connectivity index is 2.24. The fraction of sp³-hybridized carbons (Fsp3) is 0.583. The van der Waals surface area contributed by atoms with Gasteiger partial charge in [0.2, 0.25) is 0 Å². The Labute approximate surface area is 91.3 Å². The SMILES string of the molecule is CCC1CCCCN1c1ncccc1N. The van der Waals surface area contributed by atoms with Gasteiger partial charge in [0, 0.05) is 18.8 Å². The molecule has 0 amide bonds. The van der Waals surface area contributed by atoms with E-state index < -0.39 is 0 Å². The average molecular weight is 205 g/mol. The zero-order valence-corrected chi connectivity index (χ0v) is 9.32. The van der Waals surface area contributed by atoms with Gasteiger partial charge in [0.1, 0.15) is 0 Å². The molecule has 1 unspecified atom stereocenters. The Bertz CT molecular complexity index is 324. The molecule has 0 spiro atoms. The van der Waals surface area contributed by atoms with E-state index in [0.717, 1.165) is 18.1 Å². The maximum Gasteiger partial charge on any atom is 0.152 e. The van der Waals surface area contributed by atoms with E-state index in [1.165, 1.54) is 25.7 Å². The van der Waals surface area contributed by atoms with Gasteiger partial charge in [-0.25, -0.2) is 4.98 Å². The highest BCUT2D eigenvalue weighted by atomic mass is 15.2. The number of hydrogen-bond donors (Lipinski definition) is 1. The van der Waals surface area contributed by atoms with Crippen molar-refractivity contribution in [2.24, 2.45) is 0 Å².